The minimum absolute atomic E-state index is 0.0429. The molecule has 0 saturated heterocycles. The minimum atomic E-state index is -0.0429. The lowest BCUT2D eigenvalue weighted by atomic mass is 9.50. The van der Waals surface area contributed by atoms with E-state index in [1.165, 1.54) is 37.7 Å². The molecule has 0 aromatic rings. The van der Waals surface area contributed by atoms with Crippen molar-refractivity contribution in [2.75, 3.05) is 0 Å². The average Bonchev–Trinajstić information content (AvgIpc) is 2.27. The van der Waals surface area contributed by atoms with Gasteiger partial charge in [0.1, 0.15) is 0 Å². The van der Waals surface area contributed by atoms with E-state index < -0.39 is 0 Å². The summed E-state index contributed by atoms with van der Waals surface area (Å²) in [6.07, 6.45) is 8.39. The molecule has 2 heteroatoms. The van der Waals surface area contributed by atoms with Gasteiger partial charge >= 0.3 is 0 Å². The van der Waals surface area contributed by atoms with Crippen LogP contribution < -0.4 is 5.32 Å². The highest BCUT2D eigenvalue weighted by molar-refractivity contribution is 5.48. The maximum Gasteiger partial charge on any atom is 0.207 e. The Kier molecular flexibility index (Phi) is 3.57. The van der Waals surface area contributed by atoms with Crippen molar-refractivity contribution < 1.29 is 4.79 Å². The second-order valence-corrected chi connectivity index (χ2v) is 7.01. The van der Waals surface area contributed by atoms with Gasteiger partial charge in [0.2, 0.25) is 6.41 Å². The van der Waals surface area contributed by atoms with Crippen molar-refractivity contribution in [3.05, 3.63) is 12.2 Å². The van der Waals surface area contributed by atoms with Crippen molar-refractivity contribution in [1.29, 1.82) is 0 Å². The second kappa shape index (κ2) is 4.71. The largest absolute Gasteiger partial charge is 0.353 e. The molecule has 2 rings (SSSR count). The first-order valence-electron chi connectivity index (χ1n) is 7.30. The van der Waals surface area contributed by atoms with Crippen molar-refractivity contribution in [2.45, 2.75) is 64.8 Å². The van der Waals surface area contributed by atoms with Gasteiger partial charge in [-0.15, -0.1) is 0 Å². The summed E-state index contributed by atoms with van der Waals surface area (Å²) in [5.74, 6) is 1.12. The van der Waals surface area contributed by atoms with Crippen LogP contribution in [-0.2, 0) is 4.79 Å². The molecule has 1 N–H and O–H groups in total. The van der Waals surface area contributed by atoms with Gasteiger partial charge in [0.05, 0.1) is 0 Å². The molecule has 0 heterocycles. The smallest absolute Gasteiger partial charge is 0.207 e. The van der Waals surface area contributed by atoms with Crippen molar-refractivity contribution in [1.82, 2.24) is 5.32 Å². The van der Waals surface area contributed by atoms with Gasteiger partial charge in [-0.1, -0.05) is 31.9 Å². The molecule has 0 unspecified atom stereocenters. The molecule has 18 heavy (non-hydrogen) atoms. The van der Waals surface area contributed by atoms with Gasteiger partial charge in [0, 0.05) is 5.54 Å². The fourth-order valence-corrected chi connectivity index (χ4v) is 4.87. The Morgan fingerprint density at radius 1 is 1.28 bits per heavy atom. The van der Waals surface area contributed by atoms with Gasteiger partial charge < -0.3 is 5.32 Å². The van der Waals surface area contributed by atoms with E-state index in [1.807, 2.05) is 0 Å². The van der Waals surface area contributed by atoms with Gasteiger partial charge in [0.25, 0.3) is 0 Å². The molecule has 2 aliphatic carbocycles. The van der Waals surface area contributed by atoms with Crippen LogP contribution in [0.15, 0.2) is 12.2 Å². The quantitative estimate of drug-likeness (QED) is 0.600. The maximum atomic E-state index is 11.0. The molecule has 0 radical (unpaired) electrons. The Labute approximate surface area is 111 Å². The number of allylic oxidation sites excluding steroid dienone is 1. The lowest BCUT2D eigenvalue weighted by molar-refractivity contribution is -0.115. The second-order valence-electron chi connectivity index (χ2n) is 7.01. The van der Waals surface area contributed by atoms with Crippen molar-refractivity contribution in [3.8, 4) is 0 Å². The van der Waals surface area contributed by atoms with E-state index in [-0.39, 0.29) is 5.54 Å². The Balaban J connectivity index is 2.38. The Morgan fingerprint density at radius 2 is 1.94 bits per heavy atom. The zero-order valence-corrected chi connectivity index (χ0v) is 12.1. The molecule has 0 spiro atoms. The van der Waals surface area contributed by atoms with Gasteiger partial charge in [-0.25, -0.2) is 0 Å². The van der Waals surface area contributed by atoms with Crippen LogP contribution in [0.1, 0.15) is 59.3 Å². The highest BCUT2D eigenvalue weighted by Gasteiger charge is 2.53. The van der Waals surface area contributed by atoms with Crippen molar-refractivity contribution in [3.63, 3.8) is 0 Å². The SMILES string of the molecule is C=C(C)[C@H]1CCC[C@@]2(C)CCC[C@@](C)(NC=O)[C@H]12. The van der Waals surface area contributed by atoms with E-state index in [2.05, 4.69) is 32.7 Å². The third-order valence-corrected chi connectivity index (χ3v) is 5.57. The fraction of sp³-hybridized carbons (Fsp3) is 0.812. The standard InChI is InChI=1S/C16H27NO/c1-12(2)13-7-5-8-15(3)9-6-10-16(4,14(13)15)17-11-18/h11,13-14H,1,5-10H2,2-4H3,(H,17,18)/t13-,14-,15+,16-/m1/s1. The van der Waals surface area contributed by atoms with Crippen molar-refractivity contribution in [2.24, 2.45) is 17.3 Å². The van der Waals surface area contributed by atoms with E-state index in [0.717, 1.165) is 12.8 Å². The normalized spacial score (nSPS) is 43.9. The molecule has 0 bridgehead atoms. The Bertz CT molecular complexity index is 347. The van der Waals surface area contributed by atoms with E-state index in [0.29, 0.717) is 17.3 Å². The fourth-order valence-electron chi connectivity index (χ4n) is 4.87. The number of hydrogen-bond acceptors (Lipinski definition) is 1. The number of amides is 1. The number of rotatable bonds is 3. The number of fused-ring (bicyclic) bond motifs is 1. The lowest BCUT2D eigenvalue weighted by Gasteiger charge is -2.58. The number of hydrogen-bond donors (Lipinski definition) is 1. The van der Waals surface area contributed by atoms with Gasteiger partial charge in [0.15, 0.2) is 0 Å². The summed E-state index contributed by atoms with van der Waals surface area (Å²) < 4.78 is 0. The van der Waals surface area contributed by atoms with E-state index >= 15 is 0 Å². The summed E-state index contributed by atoms with van der Waals surface area (Å²) in [5, 5.41) is 3.15. The monoisotopic (exact) mass is 249 g/mol. The summed E-state index contributed by atoms with van der Waals surface area (Å²) in [4.78, 5) is 11.0. The van der Waals surface area contributed by atoms with Crippen LogP contribution >= 0.6 is 0 Å². The average molecular weight is 249 g/mol. The third kappa shape index (κ3) is 2.10. The molecule has 2 saturated carbocycles. The van der Waals surface area contributed by atoms with E-state index in [4.69, 9.17) is 0 Å². The molecule has 102 valence electrons. The van der Waals surface area contributed by atoms with Crippen LogP contribution in [0, 0.1) is 17.3 Å². The van der Waals surface area contributed by atoms with Crippen molar-refractivity contribution >= 4 is 6.41 Å². The van der Waals surface area contributed by atoms with Crippen LogP contribution in [-0.4, -0.2) is 11.9 Å². The third-order valence-electron chi connectivity index (χ3n) is 5.57. The van der Waals surface area contributed by atoms with E-state index in [9.17, 15) is 4.79 Å². The highest BCUT2D eigenvalue weighted by atomic mass is 16.1. The predicted molar refractivity (Wildman–Crippen MR) is 75.2 cm³/mol. The van der Waals surface area contributed by atoms with Gasteiger partial charge in [-0.3, -0.25) is 4.79 Å². The highest BCUT2D eigenvalue weighted by Crippen LogP contribution is 2.57. The van der Waals surface area contributed by atoms with Crippen LogP contribution in [0.4, 0.5) is 0 Å². The molecule has 2 nitrogen and oxygen atoms in total. The van der Waals surface area contributed by atoms with Gasteiger partial charge in [-0.05, 0) is 56.8 Å². The lowest BCUT2D eigenvalue weighted by Crippen LogP contribution is -2.60. The maximum absolute atomic E-state index is 11.0. The van der Waals surface area contributed by atoms with Crippen LogP contribution in [0.2, 0.25) is 0 Å². The van der Waals surface area contributed by atoms with Crippen LogP contribution in [0.3, 0.4) is 0 Å². The summed E-state index contributed by atoms with van der Waals surface area (Å²) in [6, 6.07) is 0. The molecular weight excluding hydrogens is 222 g/mol. The predicted octanol–water partition coefficient (Wildman–Crippen LogP) is 3.67. The first-order chi connectivity index (χ1) is 8.43. The number of nitrogens with one attached hydrogen (secondary N) is 1. The Morgan fingerprint density at radius 3 is 2.56 bits per heavy atom. The van der Waals surface area contributed by atoms with E-state index in [1.54, 1.807) is 0 Å². The summed E-state index contributed by atoms with van der Waals surface area (Å²) >= 11 is 0. The molecule has 2 fully saturated rings. The molecule has 0 aromatic carbocycles. The summed E-state index contributed by atoms with van der Waals surface area (Å²) in [7, 11) is 0. The molecule has 2 aliphatic rings. The molecule has 4 atom stereocenters. The molecule has 1 amide bonds. The molecule has 0 aliphatic heterocycles. The first kappa shape index (κ1) is 13.6. The summed E-state index contributed by atoms with van der Waals surface area (Å²) in [6.45, 7) is 11.0. The number of carbonyl (C=O) groups excluding carboxylic acids is 1. The molecular formula is C16H27NO. The topological polar surface area (TPSA) is 29.1 Å². The Hall–Kier alpha value is -0.790. The zero-order chi connectivity index (χ0) is 13.4. The number of carbonyl (C=O) groups is 1. The summed E-state index contributed by atoms with van der Waals surface area (Å²) in [5.41, 5.74) is 1.63. The minimum Gasteiger partial charge on any atom is -0.353 e. The van der Waals surface area contributed by atoms with Gasteiger partial charge in [-0.2, -0.15) is 0 Å². The first-order valence-corrected chi connectivity index (χ1v) is 7.30. The van der Waals surface area contributed by atoms with Crippen LogP contribution in [0.25, 0.3) is 0 Å². The van der Waals surface area contributed by atoms with Crippen LogP contribution in [0.5, 0.6) is 0 Å². The molecule has 0 aromatic heterocycles. The zero-order valence-electron chi connectivity index (χ0n) is 12.1.